The molecule has 0 aliphatic heterocycles. The molecule has 2 aromatic heterocycles. The maximum atomic E-state index is 4.58. The van der Waals surface area contributed by atoms with Crippen molar-refractivity contribution in [1.29, 1.82) is 0 Å². The molecule has 5 nitrogen and oxygen atoms in total. The van der Waals surface area contributed by atoms with Gasteiger partial charge in [-0.3, -0.25) is 4.98 Å². The number of hydrogen-bond donors (Lipinski definition) is 1. The van der Waals surface area contributed by atoms with E-state index in [9.17, 15) is 0 Å². The first-order valence-electron chi connectivity index (χ1n) is 5.60. The fourth-order valence-electron chi connectivity index (χ4n) is 1.69. The molecule has 0 amide bonds. The molecule has 0 saturated heterocycles. The van der Waals surface area contributed by atoms with Gasteiger partial charge in [0.25, 0.3) is 0 Å². The maximum absolute atomic E-state index is 4.58. The first-order valence-corrected chi connectivity index (χ1v) is 5.60. The smallest absolute Gasteiger partial charge is 0.148 e. The molecule has 0 atom stereocenters. The summed E-state index contributed by atoms with van der Waals surface area (Å²) >= 11 is 0. The molecule has 0 aliphatic carbocycles. The highest BCUT2D eigenvalue weighted by Gasteiger charge is 2.10. The fraction of sp³-hybridized carbons (Fsp3) is 0.417. The Morgan fingerprint density at radius 1 is 1.24 bits per heavy atom. The lowest BCUT2D eigenvalue weighted by molar-refractivity contribution is 0.804. The van der Waals surface area contributed by atoms with Gasteiger partial charge in [0.15, 0.2) is 0 Å². The minimum atomic E-state index is 0.688. The van der Waals surface area contributed by atoms with E-state index in [1.165, 1.54) is 0 Å². The number of imidazole rings is 1. The quantitative estimate of drug-likeness (QED) is 0.869. The summed E-state index contributed by atoms with van der Waals surface area (Å²) in [5.41, 5.74) is 2.86. The molecule has 5 heteroatoms. The average molecular weight is 231 g/mol. The molecule has 2 aromatic rings. The lowest BCUT2D eigenvalue weighted by Gasteiger charge is -2.10. The van der Waals surface area contributed by atoms with Gasteiger partial charge in [-0.15, -0.1) is 0 Å². The maximum Gasteiger partial charge on any atom is 0.148 e. The molecule has 2 rings (SSSR count). The molecule has 90 valence electrons. The summed E-state index contributed by atoms with van der Waals surface area (Å²) in [6.07, 6.45) is 4.42. The normalized spacial score (nSPS) is 10.6. The molecule has 0 fully saturated rings. The third-order valence-electron chi connectivity index (χ3n) is 2.86. The van der Waals surface area contributed by atoms with Gasteiger partial charge in [-0.1, -0.05) is 0 Å². The van der Waals surface area contributed by atoms with E-state index >= 15 is 0 Å². The Labute approximate surface area is 101 Å². The van der Waals surface area contributed by atoms with Gasteiger partial charge in [0.05, 0.1) is 23.5 Å². The van der Waals surface area contributed by atoms with Crippen molar-refractivity contribution in [1.82, 2.24) is 19.5 Å². The summed E-state index contributed by atoms with van der Waals surface area (Å²) in [5.74, 6) is 1.81. The number of aromatic nitrogens is 4. The second-order valence-corrected chi connectivity index (χ2v) is 4.07. The number of rotatable bonds is 3. The largest absolute Gasteiger partial charge is 0.372 e. The lowest BCUT2D eigenvalue weighted by Crippen LogP contribution is -2.08. The van der Waals surface area contributed by atoms with Crippen LogP contribution in [0.2, 0.25) is 0 Å². The Balaban J connectivity index is 2.38. The van der Waals surface area contributed by atoms with Crippen LogP contribution in [0.5, 0.6) is 0 Å². The van der Waals surface area contributed by atoms with Crippen molar-refractivity contribution in [3.8, 4) is 0 Å². The zero-order valence-corrected chi connectivity index (χ0v) is 10.7. The molecule has 1 N–H and O–H groups in total. The average Bonchev–Trinajstić information content (AvgIpc) is 2.69. The Bertz CT molecular complexity index is 530. The SMILES string of the molecule is CNc1nc(C)c(C)nc1Cc1nccn1C. The van der Waals surface area contributed by atoms with Crippen LogP contribution in [0.1, 0.15) is 22.9 Å². The lowest BCUT2D eigenvalue weighted by atomic mass is 10.2. The van der Waals surface area contributed by atoms with Crippen LogP contribution in [0.25, 0.3) is 0 Å². The topological polar surface area (TPSA) is 55.6 Å². The van der Waals surface area contributed by atoms with E-state index in [0.29, 0.717) is 6.42 Å². The molecule has 0 radical (unpaired) electrons. The van der Waals surface area contributed by atoms with Gasteiger partial charge in [-0.2, -0.15) is 0 Å². The molecule has 0 saturated carbocycles. The third kappa shape index (κ3) is 2.27. The fourth-order valence-corrected chi connectivity index (χ4v) is 1.69. The van der Waals surface area contributed by atoms with Crippen LogP contribution >= 0.6 is 0 Å². The Kier molecular flexibility index (Phi) is 3.08. The van der Waals surface area contributed by atoms with Crippen LogP contribution in [-0.2, 0) is 13.5 Å². The predicted octanol–water partition coefficient (Wildman–Crippen LogP) is 1.46. The van der Waals surface area contributed by atoms with E-state index in [1.54, 1.807) is 6.20 Å². The number of nitrogens with one attached hydrogen (secondary N) is 1. The molecule has 2 heterocycles. The standard InChI is InChI=1S/C12H17N5/c1-8-9(2)16-12(13-3)10(15-8)7-11-14-5-6-17(11)4/h5-6H,7H2,1-4H3,(H,13,16). The summed E-state index contributed by atoms with van der Waals surface area (Å²) < 4.78 is 2.00. The van der Waals surface area contributed by atoms with E-state index in [4.69, 9.17) is 0 Å². The molecular formula is C12H17N5. The zero-order chi connectivity index (χ0) is 12.4. The second-order valence-electron chi connectivity index (χ2n) is 4.07. The highest BCUT2D eigenvalue weighted by molar-refractivity contribution is 5.42. The van der Waals surface area contributed by atoms with Gasteiger partial charge in [0.1, 0.15) is 11.6 Å². The van der Waals surface area contributed by atoms with Crippen molar-refractivity contribution in [3.63, 3.8) is 0 Å². The van der Waals surface area contributed by atoms with Gasteiger partial charge in [0.2, 0.25) is 0 Å². The molecule has 0 aromatic carbocycles. The zero-order valence-electron chi connectivity index (χ0n) is 10.7. The van der Waals surface area contributed by atoms with Gasteiger partial charge in [0, 0.05) is 26.5 Å². The van der Waals surface area contributed by atoms with Crippen LogP contribution in [0.3, 0.4) is 0 Å². The molecule has 0 unspecified atom stereocenters. The number of nitrogens with zero attached hydrogens (tertiary/aromatic N) is 4. The number of aryl methyl sites for hydroxylation is 3. The van der Waals surface area contributed by atoms with Crippen LogP contribution in [0.15, 0.2) is 12.4 Å². The van der Waals surface area contributed by atoms with Gasteiger partial charge in [-0.25, -0.2) is 9.97 Å². The highest BCUT2D eigenvalue weighted by atomic mass is 15.0. The summed E-state index contributed by atoms with van der Waals surface area (Å²) in [7, 11) is 3.84. The third-order valence-corrected chi connectivity index (χ3v) is 2.86. The van der Waals surface area contributed by atoms with Crippen LogP contribution < -0.4 is 5.32 Å². The summed E-state index contributed by atoms with van der Waals surface area (Å²) in [6, 6.07) is 0. The molecule has 17 heavy (non-hydrogen) atoms. The number of anilines is 1. The van der Waals surface area contributed by atoms with Gasteiger partial charge >= 0.3 is 0 Å². The molecule has 0 bridgehead atoms. The number of hydrogen-bond acceptors (Lipinski definition) is 4. The van der Waals surface area contributed by atoms with Gasteiger partial charge in [-0.05, 0) is 13.8 Å². The van der Waals surface area contributed by atoms with Crippen LogP contribution in [0, 0.1) is 13.8 Å². The van der Waals surface area contributed by atoms with E-state index in [0.717, 1.165) is 28.7 Å². The van der Waals surface area contributed by atoms with Crippen molar-refractivity contribution in [3.05, 3.63) is 35.3 Å². The minimum absolute atomic E-state index is 0.688. The van der Waals surface area contributed by atoms with Gasteiger partial charge < -0.3 is 9.88 Å². The van der Waals surface area contributed by atoms with Crippen molar-refractivity contribution in [2.24, 2.45) is 7.05 Å². The molecule has 0 spiro atoms. The van der Waals surface area contributed by atoms with E-state index in [-0.39, 0.29) is 0 Å². The van der Waals surface area contributed by atoms with Crippen molar-refractivity contribution in [2.45, 2.75) is 20.3 Å². The first kappa shape index (κ1) is 11.6. The second kappa shape index (κ2) is 4.53. The molecule has 0 aliphatic rings. The predicted molar refractivity (Wildman–Crippen MR) is 67.1 cm³/mol. The van der Waals surface area contributed by atoms with Crippen LogP contribution in [0.4, 0.5) is 5.82 Å². The minimum Gasteiger partial charge on any atom is -0.372 e. The van der Waals surface area contributed by atoms with Crippen molar-refractivity contribution >= 4 is 5.82 Å². The molecular weight excluding hydrogens is 214 g/mol. The summed E-state index contributed by atoms with van der Waals surface area (Å²) in [6.45, 7) is 3.94. The van der Waals surface area contributed by atoms with Crippen LogP contribution in [-0.4, -0.2) is 26.6 Å². The van der Waals surface area contributed by atoms with E-state index in [2.05, 4.69) is 20.3 Å². The monoisotopic (exact) mass is 231 g/mol. The van der Waals surface area contributed by atoms with Crippen molar-refractivity contribution in [2.75, 3.05) is 12.4 Å². The van der Waals surface area contributed by atoms with E-state index < -0.39 is 0 Å². The van der Waals surface area contributed by atoms with E-state index in [1.807, 2.05) is 38.7 Å². The Morgan fingerprint density at radius 2 is 1.94 bits per heavy atom. The summed E-state index contributed by atoms with van der Waals surface area (Å²) in [4.78, 5) is 13.4. The first-order chi connectivity index (χ1) is 8.11. The summed E-state index contributed by atoms with van der Waals surface area (Å²) in [5, 5.41) is 3.08. The Morgan fingerprint density at radius 3 is 2.53 bits per heavy atom. The van der Waals surface area contributed by atoms with Crippen molar-refractivity contribution < 1.29 is 0 Å². The Hall–Kier alpha value is -1.91. The highest BCUT2D eigenvalue weighted by Crippen LogP contribution is 2.15.